The van der Waals surface area contributed by atoms with E-state index in [9.17, 15) is 37.6 Å². The maximum absolute atomic E-state index is 14.1. The van der Waals surface area contributed by atoms with Crippen molar-refractivity contribution >= 4 is 27.4 Å². The van der Waals surface area contributed by atoms with Crippen molar-refractivity contribution in [2.75, 3.05) is 17.8 Å². The van der Waals surface area contributed by atoms with Crippen LogP contribution in [0.1, 0.15) is 12.6 Å². The Morgan fingerprint density at radius 1 is 1.19 bits per heavy atom. The number of sulfone groups is 1. The predicted molar refractivity (Wildman–Crippen MR) is 127 cm³/mol. The minimum Gasteiger partial charge on any atom is -0.480 e. The Kier molecular flexibility index (Phi) is 7.43. The van der Waals surface area contributed by atoms with E-state index in [2.05, 4.69) is 4.84 Å². The van der Waals surface area contributed by atoms with Crippen LogP contribution in [0.3, 0.4) is 0 Å². The highest BCUT2D eigenvalue weighted by Crippen LogP contribution is 2.36. The van der Waals surface area contributed by atoms with Crippen LogP contribution in [0.4, 0.5) is 10.1 Å². The van der Waals surface area contributed by atoms with Gasteiger partial charge in [0.15, 0.2) is 15.9 Å². The lowest BCUT2D eigenvalue weighted by Crippen LogP contribution is -2.47. The standard InChI is InChI=1S/C23H22FN3O8S/c1-14-20(26(15(2)28)22(23(29)30)13-35-27(31)32)12-21(25(14)18-6-4-5-17(24)11-18)16-7-9-19(10-8-16)36(3,33)34/h4-12,22H,13H2,1-3H3,(H,29,30). The summed E-state index contributed by atoms with van der Waals surface area (Å²) in [6.45, 7) is 1.74. The molecule has 1 heterocycles. The second kappa shape index (κ2) is 10.2. The van der Waals surface area contributed by atoms with Crippen LogP contribution in [0.2, 0.25) is 0 Å². The van der Waals surface area contributed by atoms with Crippen molar-refractivity contribution in [1.29, 1.82) is 0 Å². The Morgan fingerprint density at radius 3 is 2.33 bits per heavy atom. The fourth-order valence-corrected chi connectivity index (χ4v) is 4.45. The number of carboxylic acids is 1. The van der Waals surface area contributed by atoms with E-state index in [4.69, 9.17) is 0 Å². The number of aliphatic carboxylic acids is 1. The van der Waals surface area contributed by atoms with Crippen LogP contribution in [0, 0.1) is 22.9 Å². The second-order valence-corrected chi connectivity index (χ2v) is 9.89. The molecule has 0 saturated carbocycles. The molecule has 3 rings (SSSR count). The van der Waals surface area contributed by atoms with Gasteiger partial charge in [-0.1, -0.05) is 18.2 Å². The Morgan fingerprint density at radius 2 is 1.83 bits per heavy atom. The average Bonchev–Trinajstić information content (AvgIpc) is 3.12. The average molecular weight is 520 g/mol. The van der Waals surface area contributed by atoms with Gasteiger partial charge in [-0.3, -0.25) is 9.69 Å². The van der Waals surface area contributed by atoms with Crippen molar-refractivity contribution in [3.63, 3.8) is 0 Å². The van der Waals surface area contributed by atoms with Crippen LogP contribution in [0.15, 0.2) is 59.5 Å². The molecular formula is C23H22FN3O8S. The Hall–Kier alpha value is -4.26. The number of halogens is 1. The molecular weight excluding hydrogens is 497 g/mol. The van der Waals surface area contributed by atoms with E-state index in [0.717, 1.165) is 18.1 Å². The van der Waals surface area contributed by atoms with Crippen molar-refractivity contribution in [2.24, 2.45) is 0 Å². The summed E-state index contributed by atoms with van der Waals surface area (Å²) < 4.78 is 39.4. The van der Waals surface area contributed by atoms with Crippen molar-refractivity contribution in [1.82, 2.24) is 4.57 Å². The van der Waals surface area contributed by atoms with E-state index < -0.39 is 45.3 Å². The van der Waals surface area contributed by atoms with Gasteiger partial charge in [0.25, 0.3) is 5.09 Å². The molecule has 2 aromatic carbocycles. The van der Waals surface area contributed by atoms with Crippen LogP contribution in [-0.4, -0.2) is 54.0 Å². The molecule has 0 aliphatic heterocycles. The zero-order valence-corrected chi connectivity index (χ0v) is 20.2. The Bertz CT molecular complexity index is 1430. The summed E-state index contributed by atoms with van der Waals surface area (Å²) in [5.41, 5.74) is 1.63. The summed E-state index contributed by atoms with van der Waals surface area (Å²) in [6.07, 6.45) is 1.06. The molecule has 0 saturated heterocycles. The number of rotatable bonds is 9. The molecule has 0 bridgehead atoms. The molecule has 190 valence electrons. The summed E-state index contributed by atoms with van der Waals surface area (Å²) in [5.74, 6) is -2.82. The third-order valence-corrected chi connectivity index (χ3v) is 6.53. The quantitative estimate of drug-likeness (QED) is 0.335. The van der Waals surface area contributed by atoms with E-state index >= 15 is 0 Å². The molecule has 1 aromatic heterocycles. The minimum atomic E-state index is -3.47. The number of hydrogen-bond acceptors (Lipinski definition) is 7. The van der Waals surface area contributed by atoms with E-state index in [1.165, 1.54) is 48.5 Å². The number of carboxylic acid groups (broad SMARTS) is 1. The molecule has 1 unspecified atom stereocenters. The van der Waals surface area contributed by atoms with Gasteiger partial charge in [0.2, 0.25) is 5.91 Å². The Balaban J connectivity index is 2.27. The molecule has 13 heteroatoms. The molecule has 0 fully saturated rings. The van der Waals surface area contributed by atoms with Gasteiger partial charge in [0, 0.05) is 24.6 Å². The fourth-order valence-electron chi connectivity index (χ4n) is 3.82. The number of hydrogen-bond donors (Lipinski definition) is 1. The van der Waals surface area contributed by atoms with Gasteiger partial charge in [0.05, 0.1) is 16.3 Å². The molecule has 1 amide bonds. The van der Waals surface area contributed by atoms with Gasteiger partial charge in [-0.15, -0.1) is 10.1 Å². The first-order valence-electron chi connectivity index (χ1n) is 10.4. The first kappa shape index (κ1) is 26.3. The van der Waals surface area contributed by atoms with Gasteiger partial charge in [0.1, 0.15) is 12.4 Å². The number of anilines is 1. The number of benzene rings is 2. The highest BCUT2D eigenvalue weighted by molar-refractivity contribution is 7.90. The molecule has 0 aliphatic carbocycles. The fraction of sp³-hybridized carbons (Fsp3) is 0.217. The maximum atomic E-state index is 14.1. The minimum absolute atomic E-state index is 0.0697. The van der Waals surface area contributed by atoms with Gasteiger partial charge < -0.3 is 14.5 Å². The molecule has 3 aromatic rings. The maximum Gasteiger partial charge on any atom is 0.328 e. The largest absolute Gasteiger partial charge is 0.480 e. The van der Waals surface area contributed by atoms with Crippen LogP contribution >= 0.6 is 0 Å². The van der Waals surface area contributed by atoms with Gasteiger partial charge in [-0.05, 0) is 48.9 Å². The smallest absolute Gasteiger partial charge is 0.328 e. The second-order valence-electron chi connectivity index (χ2n) is 7.87. The molecule has 1 N–H and O–H groups in total. The molecule has 36 heavy (non-hydrogen) atoms. The van der Waals surface area contributed by atoms with E-state index in [1.807, 2.05) is 0 Å². The van der Waals surface area contributed by atoms with Gasteiger partial charge in [-0.25, -0.2) is 17.6 Å². The summed E-state index contributed by atoms with van der Waals surface area (Å²) in [6, 6.07) is 11.1. The predicted octanol–water partition coefficient (Wildman–Crippen LogP) is 3.01. The van der Waals surface area contributed by atoms with Crippen LogP contribution in [0.25, 0.3) is 16.9 Å². The SMILES string of the molecule is CC(=O)N(c1cc(-c2ccc(S(C)(=O)=O)cc2)n(-c2cccc(F)c2)c1C)C(CO[N+](=O)[O-])C(=O)O. The Labute approximate surface area is 205 Å². The van der Waals surface area contributed by atoms with Crippen molar-refractivity contribution in [3.05, 3.63) is 76.2 Å². The summed E-state index contributed by atoms with van der Waals surface area (Å²) >= 11 is 0. The zero-order chi connectivity index (χ0) is 26.8. The first-order valence-corrected chi connectivity index (χ1v) is 12.3. The lowest BCUT2D eigenvalue weighted by atomic mass is 10.1. The summed E-state index contributed by atoms with van der Waals surface area (Å²) in [7, 11) is -3.47. The lowest BCUT2D eigenvalue weighted by molar-refractivity contribution is -0.757. The van der Waals surface area contributed by atoms with Gasteiger partial charge >= 0.3 is 5.97 Å². The van der Waals surface area contributed by atoms with Crippen molar-refractivity contribution < 1.29 is 37.4 Å². The topological polar surface area (TPSA) is 149 Å². The number of carbonyl (C=O) groups is 2. The monoisotopic (exact) mass is 519 g/mol. The normalized spacial score (nSPS) is 12.1. The van der Waals surface area contributed by atoms with Crippen LogP contribution in [-0.2, 0) is 24.3 Å². The van der Waals surface area contributed by atoms with Crippen molar-refractivity contribution in [2.45, 2.75) is 24.8 Å². The van der Waals surface area contributed by atoms with Gasteiger partial charge in [-0.2, -0.15) is 0 Å². The van der Waals surface area contributed by atoms with E-state index in [0.29, 0.717) is 22.6 Å². The molecule has 1 atom stereocenters. The summed E-state index contributed by atoms with van der Waals surface area (Å²) in [5, 5.41) is 19.2. The molecule has 0 spiro atoms. The van der Waals surface area contributed by atoms with E-state index in [1.54, 1.807) is 17.6 Å². The molecule has 11 nitrogen and oxygen atoms in total. The number of carbonyl (C=O) groups excluding carboxylic acids is 1. The van der Waals surface area contributed by atoms with Crippen molar-refractivity contribution in [3.8, 4) is 16.9 Å². The highest BCUT2D eigenvalue weighted by Gasteiger charge is 2.33. The first-order chi connectivity index (χ1) is 16.8. The third-order valence-electron chi connectivity index (χ3n) is 5.40. The van der Waals surface area contributed by atoms with Crippen LogP contribution < -0.4 is 4.90 Å². The lowest BCUT2D eigenvalue weighted by Gasteiger charge is -2.27. The number of nitrogens with zero attached hydrogens (tertiary/aromatic N) is 3. The zero-order valence-electron chi connectivity index (χ0n) is 19.4. The van der Waals surface area contributed by atoms with E-state index in [-0.39, 0.29) is 10.6 Å². The number of amides is 1. The summed E-state index contributed by atoms with van der Waals surface area (Å²) in [4.78, 5) is 40.4. The highest BCUT2D eigenvalue weighted by atomic mass is 32.2. The van der Waals surface area contributed by atoms with Crippen LogP contribution in [0.5, 0.6) is 0 Å². The molecule has 0 radical (unpaired) electrons. The molecule has 0 aliphatic rings. The third kappa shape index (κ3) is 5.51. The number of aromatic nitrogens is 1.